The van der Waals surface area contributed by atoms with E-state index in [0.717, 1.165) is 13.1 Å². The molecule has 5 heteroatoms. The molecule has 1 atom stereocenters. The number of ether oxygens (including phenoxy) is 2. The fourth-order valence-electron chi connectivity index (χ4n) is 1.83. The molecule has 0 radical (unpaired) electrons. The summed E-state index contributed by atoms with van der Waals surface area (Å²) < 4.78 is 12.0. The molecule has 0 aromatic carbocycles. The van der Waals surface area contributed by atoms with Gasteiger partial charge in [0.15, 0.2) is 18.4 Å². The van der Waals surface area contributed by atoms with Crippen LogP contribution in [-0.2, 0) is 19.1 Å². The monoisotopic (exact) mass is 253 g/mol. The summed E-state index contributed by atoms with van der Waals surface area (Å²) in [7, 11) is 1.30. The minimum atomic E-state index is -0.480. The second kappa shape index (κ2) is 6.93. The third-order valence-corrected chi connectivity index (χ3v) is 2.79. The van der Waals surface area contributed by atoms with Crippen molar-refractivity contribution in [3.05, 3.63) is 12.2 Å². The lowest BCUT2D eigenvalue weighted by molar-refractivity contribution is -0.531. The van der Waals surface area contributed by atoms with Gasteiger partial charge in [-0.1, -0.05) is 0 Å². The summed E-state index contributed by atoms with van der Waals surface area (Å²) in [6, 6.07) is 0. The van der Waals surface area contributed by atoms with Gasteiger partial charge in [-0.15, -0.1) is 0 Å². The predicted molar refractivity (Wildman–Crippen MR) is 65.2 cm³/mol. The molecule has 0 amide bonds. The number of methoxy groups -OCH3 is 1. The van der Waals surface area contributed by atoms with E-state index in [2.05, 4.69) is 10.8 Å². The standard InChI is InChI=1S/C13H19NO4/c1-4-14(5-2)13-10(6-7-12(16)17-3)8-11(15)9-18-13/h7,10H,4-5,8-9H2,1-3H3. The molecule has 1 unspecified atom stereocenters. The van der Waals surface area contributed by atoms with Crippen molar-refractivity contribution in [3.8, 4) is 0 Å². The van der Waals surface area contributed by atoms with E-state index in [4.69, 9.17) is 4.74 Å². The Bertz CT molecular complexity index is 378. The van der Waals surface area contributed by atoms with E-state index < -0.39 is 5.97 Å². The molecular weight excluding hydrogens is 234 g/mol. The average Bonchev–Trinajstić information content (AvgIpc) is 2.39. The zero-order chi connectivity index (χ0) is 13.5. The predicted octanol–water partition coefficient (Wildman–Crippen LogP) is 0.575. The molecule has 0 aromatic rings. The third-order valence-electron chi connectivity index (χ3n) is 2.79. The fraction of sp³-hybridized carbons (Fsp3) is 0.615. The Morgan fingerprint density at radius 3 is 2.78 bits per heavy atom. The summed E-state index contributed by atoms with van der Waals surface area (Å²) in [5.41, 5.74) is 0. The molecule has 1 saturated heterocycles. The number of carbonyl (C=O) groups excluding carboxylic acids is 2. The highest BCUT2D eigenvalue weighted by Gasteiger charge is 2.28. The number of hydrogen-bond donors (Lipinski definition) is 0. The minimum Gasteiger partial charge on any atom is -0.550 e. The van der Waals surface area contributed by atoms with Gasteiger partial charge in [-0.25, -0.2) is 4.58 Å². The normalized spacial score (nSPS) is 19.8. The summed E-state index contributed by atoms with van der Waals surface area (Å²) in [6.07, 6.45) is 4.41. The molecule has 0 N–H and O–H groups in total. The minimum absolute atomic E-state index is 0.0154. The smallest absolute Gasteiger partial charge is 0.325 e. The molecule has 1 heterocycles. The Morgan fingerprint density at radius 1 is 1.56 bits per heavy atom. The van der Waals surface area contributed by atoms with Crippen LogP contribution in [-0.4, -0.2) is 49.0 Å². The molecule has 0 bridgehead atoms. The largest absolute Gasteiger partial charge is 0.550 e. The molecular formula is C13H19NO4. The van der Waals surface area contributed by atoms with E-state index in [1.165, 1.54) is 13.2 Å². The first kappa shape index (κ1) is 14.4. The van der Waals surface area contributed by atoms with Gasteiger partial charge >= 0.3 is 5.90 Å². The number of rotatable bonds is 4. The molecule has 100 valence electrons. The number of nitrogens with zero attached hydrogens (tertiary/aromatic N) is 1. The number of esters is 1. The Hall–Kier alpha value is -1.65. The zero-order valence-corrected chi connectivity index (χ0v) is 11.1. The quantitative estimate of drug-likeness (QED) is 0.318. The second-order valence-electron chi connectivity index (χ2n) is 3.93. The summed E-state index contributed by atoms with van der Waals surface area (Å²) >= 11 is 0. The summed E-state index contributed by atoms with van der Waals surface area (Å²) in [5, 5.41) is 0. The van der Waals surface area contributed by atoms with E-state index in [1.54, 1.807) is 0 Å². The lowest BCUT2D eigenvalue weighted by Crippen LogP contribution is -2.37. The van der Waals surface area contributed by atoms with Gasteiger partial charge < -0.3 is 14.3 Å². The van der Waals surface area contributed by atoms with Crippen molar-refractivity contribution < 1.29 is 23.6 Å². The van der Waals surface area contributed by atoms with E-state index in [9.17, 15) is 9.59 Å². The van der Waals surface area contributed by atoms with Crippen molar-refractivity contribution in [2.24, 2.45) is 5.92 Å². The number of carbonyl (C=O) groups is 2. The van der Waals surface area contributed by atoms with Crippen molar-refractivity contribution >= 4 is 17.7 Å². The average molecular weight is 253 g/mol. The van der Waals surface area contributed by atoms with Gasteiger partial charge in [0.25, 0.3) is 0 Å². The lowest BCUT2D eigenvalue weighted by Gasteiger charge is -2.23. The summed E-state index contributed by atoms with van der Waals surface area (Å²) in [4.78, 5) is 22.5. The molecule has 1 fully saturated rings. The van der Waals surface area contributed by atoms with Gasteiger partial charge in [-0.05, 0) is 13.8 Å². The first-order chi connectivity index (χ1) is 8.62. The topological polar surface area (TPSA) is 55.6 Å². The SMILES string of the molecule is CC[N+](CC)=C1OCC(=O)CC1[C-]=CC(=O)OC. The molecule has 0 aromatic heterocycles. The van der Waals surface area contributed by atoms with Gasteiger partial charge in [-0.3, -0.25) is 10.9 Å². The van der Waals surface area contributed by atoms with Crippen molar-refractivity contribution in [1.29, 1.82) is 0 Å². The van der Waals surface area contributed by atoms with E-state index >= 15 is 0 Å². The van der Waals surface area contributed by atoms with Crippen LogP contribution in [0.4, 0.5) is 0 Å². The van der Waals surface area contributed by atoms with Crippen LogP contribution in [0.25, 0.3) is 0 Å². The highest BCUT2D eigenvalue weighted by Crippen LogP contribution is 2.15. The van der Waals surface area contributed by atoms with Crippen LogP contribution >= 0.6 is 0 Å². The Kier molecular flexibility index (Phi) is 5.55. The van der Waals surface area contributed by atoms with Crippen LogP contribution in [0, 0.1) is 12.0 Å². The number of hydrogen-bond acceptors (Lipinski definition) is 4. The summed E-state index contributed by atoms with van der Waals surface area (Å²) in [6.45, 7) is 5.70. The highest BCUT2D eigenvalue weighted by atomic mass is 16.5. The second-order valence-corrected chi connectivity index (χ2v) is 3.93. The number of Topliss-reactive ketones (excluding diaryl/α,β-unsaturated/α-hetero) is 1. The van der Waals surface area contributed by atoms with Gasteiger partial charge in [0.1, 0.15) is 13.1 Å². The van der Waals surface area contributed by atoms with Gasteiger partial charge in [0.2, 0.25) is 0 Å². The molecule has 18 heavy (non-hydrogen) atoms. The Morgan fingerprint density at radius 2 is 2.22 bits per heavy atom. The molecule has 0 aliphatic carbocycles. The van der Waals surface area contributed by atoms with E-state index in [0.29, 0.717) is 12.3 Å². The molecule has 1 aliphatic heterocycles. The van der Waals surface area contributed by atoms with Crippen LogP contribution in [0.2, 0.25) is 0 Å². The van der Waals surface area contributed by atoms with Gasteiger partial charge in [-0.2, -0.15) is 6.08 Å². The Labute approximate surface area is 107 Å². The van der Waals surface area contributed by atoms with E-state index in [1.807, 2.05) is 18.4 Å². The fourth-order valence-corrected chi connectivity index (χ4v) is 1.83. The third kappa shape index (κ3) is 3.68. The lowest BCUT2D eigenvalue weighted by atomic mass is 9.99. The van der Waals surface area contributed by atoms with Crippen molar-refractivity contribution in [2.45, 2.75) is 20.3 Å². The van der Waals surface area contributed by atoms with Crippen LogP contribution < -0.4 is 0 Å². The zero-order valence-electron chi connectivity index (χ0n) is 11.1. The highest BCUT2D eigenvalue weighted by molar-refractivity contribution is 5.92. The maximum Gasteiger partial charge on any atom is 0.325 e. The first-order valence-electron chi connectivity index (χ1n) is 6.05. The van der Waals surface area contributed by atoms with Gasteiger partial charge in [0.05, 0.1) is 7.11 Å². The van der Waals surface area contributed by atoms with Crippen molar-refractivity contribution in [1.82, 2.24) is 0 Å². The maximum absolute atomic E-state index is 11.4. The molecule has 0 spiro atoms. The van der Waals surface area contributed by atoms with Crippen LogP contribution in [0.1, 0.15) is 20.3 Å². The molecule has 1 rings (SSSR count). The van der Waals surface area contributed by atoms with Crippen LogP contribution in [0.3, 0.4) is 0 Å². The first-order valence-corrected chi connectivity index (χ1v) is 6.05. The van der Waals surface area contributed by atoms with Crippen molar-refractivity contribution in [3.63, 3.8) is 0 Å². The van der Waals surface area contributed by atoms with Gasteiger partial charge in [0, 0.05) is 12.3 Å². The van der Waals surface area contributed by atoms with Crippen molar-refractivity contribution in [2.75, 3.05) is 26.8 Å². The van der Waals surface area contributed by atoms with Crippen LogP contribution in [0.5, 0.6) is 0 Å². The number of ketones is 1. The Balaban J connectivity index is 2.93. The summed E-state index contributed by atoms with van der Waals surface area (Å²) in [5.74, 6) is -0.0569. The van der Waals surface area contributed by atoms with Crippen LogP contribution in [0.15, 0.2) is 6.08 Å². The molecule has 0 saturated carbocycles. The van der Waals surface area contributed by atoms with E-state index in [-0.39, 0.29) is 18.3 Å². The maximum atomic E-state index is 11.4. The molecule has 5 nitrogen and oxygen atoms in total. The molecule has 1 aliphatic rings.